The van der Waals surface area contributed by atoms with Gasteiger partial charge in [-0.1, -0.05) is 49.4 Å². The fraction of sp³-hybridized carbons (Fsp3) is 0.333. The van der Waals surface area contributed by atoms with Gasteiger partial charge < -0.3 is 5.11 Å². The zero-order chi connectivity index (χ0) is 18.1. The minimum atomic E-state index is -0.134. The second-order valence-electron chi connectivity index (χ2n) is 7.79. The Kier molecular flexibility index (Phi) is 4.67. The van der Waals surface area contributed by atoms with Crippen LogP contribution in [0.1, 0.15) is 55.6 Å². The first-order valence-electron chi connectivity index (χ1n) is 9.58. The summed E-state index contributed by atoms with van der Waals surface area (Å²) in [7, 11) is 0. The van der Waals surface area contributed by atoms with Crippen molar-refractivity contribution in [3.63, 3.8) is 0 Å². The smallest absolute Gasteiger partial charge is 0.131 e. The molecule has 1 N–H and O–H groups in total. The Morgan fingerprint density at radius 2 is 1.69 bits per heavy atom. The highest BCUT2D eigenvalue weighted by Gasteiger charge is 2.27. The Hall–Kier alpha value is -2.35. The molecule has 3 aromatic rings. The van der Waals surface area contributed by atoms with Gasteiger partial charge in [-0.2, -0.15) is 0 Å². The summed E-state index contributed by atoms with van der Waals surface area (Å²) in [6, 6.07) is 19.1. The molecule has 0 unspecified atom stereocenters. The van der Waals surface area contributed by atoms with E-state index >= 15 is 0 Å². The molecule has 3 aromatic carbocycles. The van der Waals surface area contributed by atoms with Crippen LogP contribution in [0.4, 0.5) is 4.39 Å². The van der Waals surface area contributed by atoms with Gasteiger partial charge in [0, 0.05) is 5.39 Å². The number of halogens is 1. The molecular weight excluding hydrogens is 323 g/mol. The predicted molar refractivity (Wildman–Crippen MR) is 105 cm³/mol. The lowest BCUT2D eigenvalue weighted by molar-refractivity contribution is 0.455. The van der Waals surface area contributed by atoms with E-state index in [9.17, 15) is 9.50 Å². The van der Waals surface area contributed by atoms with E-state index < -0.39 is 0 Å². The Morgan fingerprint density at radius 1 is 0.962 bits per heavy atom. The molecule has 1 saturated carbocycles. The first-order chi connectivity index (χ1) is 12.6. The SMILES string of the molecule is C[C@@H](C[C@H]1CC[C@H](c2ccc(O)cc2)C1)c1ccc(F)c2ccccc12. The fourth-order valence-electron chi connectivity index (χ4n) is 4.68. The molecule has 4 rings (SSSR count). The molecule has 2 heteroatoms. The summed E-state index contributed by atoms with van der Waals surface area (Å²) in [5, 5.41) is 11.3. The van der Waals surface area contributed by atoms with E-state index in [4.69, 9.17) is 0 Å². The van der Waals surface area contributed by atoms with Crippen LogP contribution < -0.4 is 0 Å². The molecular formula is C24H25FO. The molecule has 1 fully saturated rings. The highest BCUT2D eigenvalue weighted by Crippen LogP contribution is 2.43. The standard InChI is InChI=1S/C24H25FO/c1-16(21-12-13-24(25)23-5-3-2-4-22(21)23)14-17-6-7-19(15-17)18-8-10-20(26)11-9-18/h2-5,8-13,16-17,19,26H,6-7,14-15H2,1H3/t16-,17+,19-/m0/s1. The zero-order valence-corrected chi connectivity index (χ0v) is 15.2. The number of aromatic hydroxyl groups is 1. The molecule has 0 aromatic heterocycles. The highest BCUT2D eigenvalue weighted by molar-refractivity contribution is 5.86. The van der Waals surface area contributed by atoms with Crippen molar-refractivity contribution in [2.75, 3.05) is 0 Å². The van der Waals surface area contributed by atoms with Crippen molar-refractivity contribution in [3.05, 3.63) is 77.6 Å². The lowest BCUT2D eigenvalue weighted by Crippen LogP contribution is -2.04. The van der Waals surface area contributed by atoms with Gasteiger partial charge in [-0.3, -0.25) is 0 Å². The van der Waals surface area contributed by atoms with Crippen molar-refractivity contribution in [1.29, 1.82) is 0 Å². The van der Waals surface area contributed by atoms with Crippen molar-refractivity contribution >= 4 is 10.8 Å². The van der Waals surface area contributed by atoms with Crippen molar-refractivity contribution in [2.24, 2.45) is 5.92 Å². The largest absolute Gasteiger partial charge is 0.508 e. The summed E-state index contributed by atoms with van der Waals surface area (Å²) in [5.74, 6) is 1.92. The molecule has 0 spiro atoms. The van der Waals surface area contributed by atoms with Crippen LogP contribution in [-0.4, -0.2) is 5.11 Å². The molecule has 134 valence electrons. The second kappa shape index (κ2) is 7.11. The van der Waals surface area contributed by atoms with Gasteiger partial charge in [-0.05, 0) is 78.1 Å². The van der Waals surface area contributed by atoms with Crippen LogP contribution >= 0.6 is 0 Å². The van der Waals surface area contributed by atoms with E-state index in [1.807, 2.05) is 30.3 Å². The van der Waals surface area contributed by atoms with Gasteiger partial charge in [0.1, 0.15) is 11.6 Å². The molecule has 0 aliphatic heterocycles. The minimum Gasteiger partial charge on any atom is -0.508 e. The summed E-state index contributed by atoms with van der Waals surface area (Å²) >= 11 is 0. The van der Waals surface area contributed by atoms with E-state index in [0.717, 1.165) is 17.2 Å². The Bertz CT molecular complexity index is 900. The molecule has 1 aliphatic carbocycles. The first kappa shape index (κ1) is 17.1. The van der Waals surface area contributed by atoms with E-state index in [2.05, 4.69) is 19.1 Å². The van der Waals surface area contributed by atoms with Crippen LogP contribution in [0, 0.1) is 11.7 Å². The third-order valence-corrected chi connectivity index (χ3v) is 6.03. The Balaban J connectivity index is 1.48. The van der Waals surface area contributed by atoms with Crippen LogP contribution in [0.15, 0.2) is 60.7 Å². The van der Waals surface area contributed by atoms with Gasteiger partial charge in [-0.15, -0.1) is 0 Å². The first-order valence-corrected chi connectivity index (χ1v) is 9.58. The maximum atomic E-state index is 14.1. The van der Waals surface area contributed by atoms with Gasteiger partial charge in [0.25, 0.3) is 0 Å². The number of benzene rings is 3. The number of phenols is 1. The predicted octanol–water partition coefficient (Wildman–Crippen LogP) is 6.76. The average molecular weight is 348 g/mol. The van der Waals surface area contributed by atoms with Crippen LogP contribution in [0.2, 0.25) is 0 Å². The Morgan fingerprint density at radius 3 is 2.46 bits per heavy atom. The van der Waals surface area contributed by atoms with E-state index in [0.29, 0.717) is 23.5 Å². The Labute approximate surface area is 154 Å². The van der Waals surface area contributed by atoms with Gasteiger partial charge in [0.15, 0.2) is 0 Å². The van der Waals surface area contributed by atoms with E-state index in [-0.39, 0.29) is 5.82 Å². The number of fused-ring (bicyclic) bond motifs is 1. The van der Waals surface area contributed by atoms with Crippen molar-refractivity contribution in [1.82, 2.24) is 0 Å². The molecule has 3 atom stereocenters. The number of phenolic OH excluding ortho intramolecular Hbond substituents is 1. The van der Waals surface area contributed by atoms with Gasteiger partial charge in [0.2, 0.25) is 0 Å². The molecule has 1 aliphatic rings. The quantitative estimate of drug-likeness (QED) is 0.552. The third kappa shape index (κ3) is 3.33. The normalized spacial score (nSPS) is 21.2. The molecule has 0 saturated heterocycles. The number of rotatable bonds is 4. The second-order valence-corrected chi connectivity index (χ2v) is 7.79. The third-order valence-electron chi connectivity index (χ3n) is 6.03. The summed E-state index contributed by atoms with van der Waals surface area (Å²) in [5.41, 5.74) is 2.60. The maximum Gasteiger partial charge on any atom is 0.131 e. The van der Waals surface area contributed by atoms with Crippen molar-refractivity contribution in [2.45, 2.75) is 44.4 Å². The lowest BCUT2D eigenvalue weighted by atomic mass is 9.86. The fourth-order valence-corrected chi connectivity index (χ4v) is 4.68. The van der Waals surface area contributed by atoms with Gasteiger partial charge in [-0.25, -0.2) is 4.39 Å². The maximum absolute atomic E-state index is 14.1. The summed E-state index contributed by atoms with van der Waals surface area (Å²) in [6.45, 7) is 2.27. The van der Waals surface area contributed by atoms with Crippen molar-refractivity contribution in [3.8, 4) is 5.75 Å². The molecule has 1 nitrogen and oxygen atoms in total. The highest BCUT2D eigenvalue weighted by atomic mass is 19.1. The van der Waals surface area contributed by atoms with Crippen molar-refractivity contribution < 1.29 is 9.50 Å². The zero-order valence-electron chi connectivity index (χ0n) is 15.2. The van der Waals surface area contributed by atoms with Crippen LogP contribution in [0.5, 0.6) is 5.75 Å². The minimum absolute atomic E-state index is 0.134. The van der Waals surface area contributed by atoms with E-state index in [1.165, 1.54) is 30.4 Å². The monoisotopic (exact) mass is 348 g/mol. The summed E-state index contributed by atoms with van der Waals surface area (Å²) < 4.78 is 14.1. The average Bonchev–Trinajstić information content (AvgIpc) is 3.11. The number of hydrogen-bond acceptors (Lipinski definition) is 1. The van der Waals surface area contributed by atoms with Crippen LogP contribution in [0.3, 0.4) is 0 Å². The molecule has 26 heavy (non-hydrogen) atoms. The molecule has 0 amide bonds. The summed E-state index contributed by atoms with van der Waals surface area (Å²) in [4.78, 5) is 0. The van der Waals surface area contributed by atoms with Gasteiger partial charge >= 0.3 is 0 Å². The van der Waals surface area contributed by atoms with Gasteiger partial charge in [0.05, 0.1) is 0 Å². The molecule has 0 radical (unpaired) electrons. The number of hydrogen-bond donors (Lipinski definition) is 1. The molecule has 0 heterocycles. The van der Waals surface area contributed by atoms with Crippen LogP contribution in [0.25, 0.3) is 10.8 Å². The lowest BCUT2D eigenvalue weighted by Gasteiger charge is -2.19. The topological polar surface area (TPSA) is 20.2 Å². The molecule has 0 bridgehead atoms. The summed E-state index contributed by atoms with van der Waals surface area (Å²) in [6.07, 6.45) is 4.81. The van der Waals surface area contributed by atoms with Crippen LogP contribution in [-0.2, 0) is 0 Å². The van der Waals surface area contributed by atoms with E-state index in [1.54, 1.807) is 18.2 Å².